The number of rotatable bonds is 4. The summed E-state index contributed by atoms with van der Waals surface area (Å²) >= 11 is 0. The number of hydrogen-bond donors (Lipinski definition) is 4. The van der Waals surface area contributed by atoms with Crippen molar-refractivity contribution < 1.29 is 28.0 Å². The average molecular weight is 375 g/mol. The molecular weight excluding hydrogens is 362 g/mol. The molecule has 0 radical (unpaired) electrons. The Bertz CT molecular complexity index is 1120. The minimum absolute atomic E-state index is 0.0663. The standard InChI is InChI=1S/C16H13N3O6S/c20-10-3-1-9(2-4-10)7-14(21)18-19-15-12-8-11(26(23,24)25)5-6-13(12)17-16(15)22/h1-6,8,17,20,22H,7H2,(H,23,24,25). The van der Waals surface area contributed by atoms with Crippen LogP contribution < -0.4 is 0 Å². The lowest BCUT2D eigenvalue weighted by Crippen LogP contribution is -1.97. The van der Waals surface area contributed by atoms with E-state index in [1.807, 2.05) is 0 Å². The van der Waals surface area contributed by atoms with Crippen LogP contribution in [0.1, 0.15) is 5.56 Å². The van der Waals surface area contributed by atoms with Gasteiger partial charge < -0.3 is 15.2 Å². The van der Waals surface area contributed by atoms with Crippen LogP contribution in [0.3, 0.4) is 0 Å². The number of nitrogens with one attached hydrogen (secondary N) is 1. The summed E-state index contributed by atoms with van der Waals surface area (Å²) in [5.41, 5.74) is 0.850. The van der Waals surface area contributed by atoms with E-state index in [9.17, 15) is 23.4 Å². The summed E-state index contributed by atoms with van der Waals surface area (Å²) < 4.78 is 31.6. The molecule has 0 fully saturated rings. The predicted octanol–water partition coefficient (Wildman–Crippen LogP) is 2.68. The van der Waals surface area contributed by atoms with Gasteiger partial charge in [-0.05, 0) is 35.9 Å². The number of aromatic amines is 1. The molecule has 3 aromatic rings. The molecule has 0 aliphatic heterocycles. The van der Waals surface area contributed by atoms with Crippen LogP contribution in [0.5, 0.6) is 11.6 Å². The lowest BCUT2D eigenvalue weighted by Gasteiger charge is -1.98. The van der Waals surface area contributed by atoms with Crippen molar-refractivity contribution in [1.82, 2.24) is 4.98 Å². The molecule has 1 amide bonds. The molecule has 0 unspecified atom stereocenters. The highest BCUT2D eigenvalue weighted by molar-refractivity contribution is 7.85. The topological polar surface area (TPSA) is 152 Å². The van der Waals surface area contributed by atoms with Crippen molar-refractivity contribution in [2.75, 3.05) is 0 Å². The predicted molar refractivity (Wildman–Crippen MR) is 91.1 cm³/mol. The normalized spacial score (nSPS) is 12.0. The fourth-order valence-corrected chi connectivity index (χ4v) is 2.84. The van der Waals surface area contributed by atoms with Crippen LogP contribution >= 0.6 is 0 Å². The quantitative estimate of drug-likeness (QED) is 0.406. The third-order valence-corrected chi connectivity index (χ3v) is 4.42. The summed E-state index contributed by atoms with van der Waals surface area (Å²) in [6.45, 7) is 0. The van der Waals surface area contributed by atoms with Gasteiger partial charge in [-0.3, -0.25) is 9.35 Å². The molecule has 0 aliphatic carbocycles. The van der Waals surface area contributed by atoms with E-state index < -0.39 is 21.9 Å². The molecule has 0 saturated carbocycles. The Morgan fingerprint density at radius 1 is 1.08 bits per heavy atom. The largest absolute Gasteiger partial charge is 0.508 e. The Morgan fingerprint density at radius 3 is 2.42 bits per heavy atom. The summed E-state index contributed by atoms with van der Waals surface area (Å²) in [4.78, 5) is 14.1. The third kappa shape index (κ3) is 3.71. The van der Waals surface area contributed by atoms with E-state index in [0.29, 0.717) is 11.1 Å². The number of aromatic nitrogens is 1. The number of benzene rings is 2. The first kappa shape index (κ1) is 17.6. The number of carbonyl (C=O) groups excluding carboxylic acids is 1. The lowest BCUT2D eigenvalue weighted by molar-refractivity contribution is -0.117. The fraction of sp³-hybridized carbons (Fsp3) is 0.0625. The van der Waals surface area contributed by atoms with E-state index in [-0.39, 0.29) is 28.1 Å². The van der Waals surface area contributed by atoms with Crippen molar-refractivity contribution in [3.8, 4) is 11.6 Å². The number of amides is 1. The lowest BCUT2D eigenvalue weighted by atomic mass is 10.1. The molecule has 4 N–H and O–H groups in total. The van der Waals surface area contributed by atoms with E-state index >= 15 is 0 Å². The molecule has 26 heavy (non-hydrogen) atoms. The van der Waals surface area contributed by atoms with E-state index in [4.69, 9.17) is 4.55 Å². The average Bonchev–Trinajstić information content (AvgIpc) is 2.88. The van der Waals surface area contributed by atoms with Crippen molar-refractivity contribution in [3.63, 3.8) is 0 Å². The van der Waals surface area contributed by atoms with E-state index in [2.05, 4.69) is 15.2 Å². The number of hydrogen-bond acceptors (Lipinski definition) is 6. The van der Waals surface area contributed by atoms with Crippen LogP contribution in [0.25, 0.3) is 10.9 Å². The molecule has 3 rings (SSSR count). The molecular formula is C16H13N3O6S. The highest BCUT2D eigenvalue weighted by Gasteiger charge is 2.16. The number of aromatic hydroxyl groups is 2. The first-order valence-electron chi connectivity index (χ1n) is 7.29. The molecule has 1 aromatic heterocycles. The molecule has 2 aromatic carbocycles. The van der Waals surface area contributed by atoms with E-state index in [0.717, 1.165) is 12.1 Å². The SMILES string of the molecule is O=C(Cc1ccc(O)cc1)N=Nc1c(O)[nH]c2ccc(S(=O)(=O)O)cc12. The van der Waals surface area contributed by atoms with Crippen molar-refractivity contribution >= 4 is 32.6 Å². The Labute approximate surface area is 147 Å². The number of phenolic OH excluding ortho intramolecular Hbond substituents is 1. The number of nitrogens with zero attached hydrogens (tertiary/aromatic N) is 2. The second-order valence-corrected chi connectivity index (χ2v) is 6.86. The molecule has 0 aliphatic rings. The number of H-pyrrole nitrogens is 1. The molecule has 9 nitrogen and oxygen atoms in total. The second-order valence-electron chi connectivity index (χ2n) is 5.44. The maximum Gasteiger partial charge on any atom is 0.294 e. The molecule has 0 spiro atoms. The van der Waals surface area contributed by atoms with Gasteiger partial charge in [0.15, 0.2) is 5.69 Å². The number of fused-ring (bicyclic) bond motifs is 1. The van der Waals surface area contributed by atoms with Crippen molar-refractivity contribution in [2.24, 2.45) is 10.2 Å². The number of phenols is 1. The van der Waals surface area contributed by atoms with Crippen molar-refractivity contribution in [2.45, 2.75) is 11.3 Å². The summed E-state index contributed by atoms with van der Waals surface area (Å²) in [6.07, 6.45) is -0.0663. The van der Waals surface area contributed by atoms with Crippen LogP contribution in [0, 0.1) is 0 Å². The second kappa shape index (κ2) is 6.58. The van der Waals surface area contributed by atoms with Gasteiger partial charge in [0.1, 0.15) is 5.75 Å². The maximum absolute atomic E-state index is 11.9. The van der Waals surface area contributed by atoms with Gasteiger partial charge in [0.05, 0.1) is 16.8 Å². The van der Waals surface area contributed by atoms with Crippen LogP contribution in [0.4, 0.5) is 5.69 Å². The van der Waals surface area contributed by atoms with Gasteiger partial charge in [-0.25, -0.2) is 0 Å². The number of azo groups is 1. The Morgan fingerprint density at radius 2 is 1.77 bits per heavy atom. The monoisotopic (exact) mass is 375 g/mol. The van der Waals surface area contributed by atoms with Gasteiger partial charge in [0.2, 0.25) is 5.88 Å². The highest BCUT2D eigenvalue weighted by atomic mass is 32.2. The van der Waals surface area contributed by atoms with Gasteiger partial charge >= 0.3 is 0 Å². The van der Waals surface area contributed by atoms with Gasteiger partial charge in [-0.2, -0.15) is 8.42 Å². The smallest absolute Gasteiger partial charge is 0.294 e. The minimum Gasteiger partial charge on any atom is -0.508 e. The van der Waals surface area contributed by atoms with Crippen LogP contribution in [-0.4, -0.2) is 34.1 Å². The van der Waals surface area contributed by atoms with E-state index in [1.54, 1.807) is 12.1 Å². The minimum atomic E-state index is -4.43. The Hall–Kier alpha value is -3.24. The summed E-state index contributed by atoms with van der Waals surface area (Å²) in [5, 5.41) is 26.5. The maximum atomic E-state index is 11.9. The molecule has 0 atom stereocenters. The van der Waals surface area contributed by atoms with Gasteiger partial charge in [0.25, 0.3) is 16.0 Å². The Kier molecular flexibility index (Phi) is 4.45. The van der Waals surface area contributed by atoms with Gasteiger partial charge in [-0.15, -0.1) is 10.2 Å². The molecule has 0 saturated heterocycles. The zero-order valence-corrected chi connectivity index (χ0v) is 13.9. The zero-order chi connectivity index (χ0) is 18.9. The summed E-state index contributed by atoms with van der Waals surface area (Å²) in [6, 6.07) is 9.60. The van der Waals surface area contributed by atoms with Crippen LogP contribution in [0.15, 0.2) is 57.6 Å². The molecule has 0 bridgehead atoms. The van der Waals surface area contributed by atoms with Crippen LogP contribution in [0.2, 0.25) is 0 Å². The molecule has 1 heterocycles. The fourth-order valence-electron chi connectivity index (χ4n) is 2.33. The first-order chi connectivity index (χ1) is 12.2. The summed E-state index contributed by atoms with van der Waals surface area (Å²) in [5.74, 6) is -0.926. The number of carbonyl (C=O) groups is 1. The van der Waals surface area contributed by atoms with Gasteiger partial charge in [-0.1, -0.05) is 12.1 Å². The van der Waals surface area contributed by atoms with Crippen LogP contribution in [-0.2, 0) is 21.3 Å². The molecule has 10 heteroatoms. The third-order valence-electron chi connectivity index (χ3n) is 3.57. The van der Waals surface area contributed by atoms with Crippen molar-refractivity contribution in [1.29, 1.82) is 0 Å². The first-order valence-corrected chi connectivity index (χ1v) is 8.73. The Balaban J connectivity index is 1.89. The van der Waals surface area contributed by atoms with E-state index in [1.165, 1.54) is 18.2 Å². The molecule has 134 valence electrons. The zero-order valence-electron chi connectivity index (χ0n) is 13.1. The van der Waals surface area contributed by atoms with Crippen molar-refractivity contribution in [3.05, 3.63) is 48.0 Å². The highest BCUT2D eigenvalue weighted by Crippen LogP contribution is 2.36. The van der Waals surface area contributed by atoms with Gasteiger partial charge in [0, 0.05) is 5.39 Å². The summed E-state index contributed by atoms with van der Waals surface area (Å²) in [7, 11) is -4.43.